The lowest BCUT2D eigenvalue weighted by Gasteiger charge is -2.44. The lowest BCUT2D eigenvalue weighted by Crippen LogP contribution is -2.48. The van der Waals surface area contributed by atoms with Crippen LogP contribution < -0.4 is 0 Å². The van der Waals surface area contributed by atoms with E-state index < -0.39 is 23.8 Å². The number of hydrogen-bond acceptors (Lipinski definition) is 3. The number of aliphatic hydroxyl groups excluding tert-OH is 1. The number of carboxylic acids is 1. The first-order valence-corrected chi connectivity index (χ1v) is 7.40. The highest BCUT2D eigenvalue weighted by molar-refractivity contribution is 5.81. The number of carboxylic acid groups (broad SMARTS) is 1. The fourth-order valence-corrected chi connectivity index (χ4v) is 2.99. The normalized spacial score (nSPS) is 26.7. The third-order valence-electron chi connectivity index (χ3n) is 4.61. The van der Waals surface area contributed by atoms with Crippen molar-refractivity contribution in [1.82, 2.24) is 0 Å². The van der Waals surface area contributed by atoms with Gasteiger partial charge in [0.25, 0.3) is 0 Å². The van der Waals surface area contributed by atoms with Crippen molar-refractivity contribution in [2.45, 2.75) is 63.8 Å². The van der Waals surface area contributed by atoms with Crippen molar-refractivity contribution in [2.24, 2.45) is 0 Å². The van der Waals surface area contributed by atoms with Gasteiger partial charge in [0.05, 0.1) is 12.2 Å². The van der Waals surface area contributed by atoms with Crippen molar-refractivity contribution >= 4 is 5.97 Å². The molecule has 0 spiro atoms. The van der Waals surface area contributed by atoms with E-state index in [2.05, 4.69) is 13.8 Å². The standard InChI is InChI=1S/C17H24O4/c1-11(18)12(2)21-17(15(19)20)10-9-16(3,4)13-7-5-6-8-14(13)17/h5-8,11-12,18H,9-10H2,1-4H3,(H,19,20). The van der Waals surface area contributed by atoms with Gasteiger partial charge in [0, 0.05) is 0 Å². The van der Waals surface area contributed by atoms with Crippen molar-refractivity contribution in [3.05, 3.63) is 35.4 Å². The van der Waals surface area contributed by atoms with E-state index in [1.807, 2.05) is 24.3 Å². The van der Waals surface area contributed by atoms with Gasteiger partial charge in [-0.2, -0.15) is 0 Å². The minimum absolute atomic E-state index is 0.0764. The SMILES string of the molecule is CC(O)C(C)OC1(C(=O)O)CCC(C)(C)c2ccccc21. The van der Waals surface area contributed by atoms with Crippen LogP contribution in [0, 0.1) is 0 Å². The molecule has 0 bridgehead atoms. The van der Waals surface area contributed by atoms with Gasteiger partial charge in [-0.3, -0.25) is 0 Å². The molecule has 0 saturated heterocycles. The average Bonchev–Trinajstić information content (AvgIpc) is 2.42. The second-order valence-corrected chi connectivity index (χ2v) is 6.63. The second-order valence-electron chi connectivity index (χ2n) is 6.63. The Morgan fingerprint density at radius 3 is 2.29 bits per heavy atom. The maximum atomic E-state index is 12.0. The van der Waals surface area contributed by atoms with Crippen LogP contribution in [0.5, 0.6) is 0 Å². The van der Waals surface area contributed by atoms with Gasteiger partial charge in [0.1, 0.15) is 0 Å². The van der Waals surface area contributed by atoms with Gasteiger partial charge in [-0.1, -0.05) is 38.1 Å². The summed E-state index contributed by atoms with van der Waals surface area (Å²) < 4.78 is 5.87. The highest BCUT2D eigenvalue weighted by Gasteiger charge is 2.50. The summed E-state index contributed by atoms with van der Waals surface area (Å²) in [5.41, 5.74) is 0.271. The third-order valence-corrected chi connectivity index (χ3v) is 4.61. The molecule has 1 aromatic rings. The Balaban J connectivity index is 2.55. The molecule has 3 atom stereocenters. The second kappa shape index (κ2) is 5.43. The van der Waals surface area contributed by atoms with Gasteiger partial charge in [0.2, 0.25) is 0 Å². The molecular formula is C17H24O4. The van der Waals surface area contributed by atoms with Crippen molar-refractivity contribution in [3.63, 3.8) is 0 Å². The van der Waals surface area contributed by atoms with Gasteiger partial charge in [-0.05, 0) is 43.2 Å². The van der Waals surface area contributed by atoms with Crippen molar-refractivity contribution in [3.8, 4) is 0 Å². The number of rotatable bonds is 4. The molecule has 3 unspecified atom stereocenters. The first kappa shape index (κ1) is 16.0. The van der Waals surface area contributed by atoms with Crippen LogP contribution in [-0.4, -0.2) is 28.4 Å². The molecule has 0 radical (unpaired) electrons. The summed E-state index contributed by atoms with van der Waals surface area (Å²) in [4.78, 5) is 12.0. The minimum atomic E-state index is -1.37. The van der Waals surface area contributed by atoms with E-state index in [0.29, 0.717) is 12.0 Å². The first-order chi connectivity index (χ1) is 9.70. The van der Waals surface area contributed by atoms with E-state index in [0.717, 1.165) is 12.0 Å². The number of benzene rings is 1. The Bertz CT molecular complexity index is 535. The van der Waals surface area contributed by atoms with E-state index in [-0.39, 0.29) is 5.41 Å². The summed E-state index contributed by atoms with van der Waals surface area (Å²) in [5, 5.41) is 19.5. The van der Waals surface area contributed by atoms with E-state index in [1.54, 1.807) is 13.8 Å². The van der Waals surface area contributed by atoms with Crippen molar-refractivity contribution in [2.75, 3.05) is 0 Å². The molecule has 0 amide bonds. The van der Waals surface area contributed by atoms with Crippen LogP contribution in [0.25, 0.3) is 0 Å². The predicted octanol–water partition coefficient (Wildman–Crippen LogP) is 2.82. The van der Waals surface area contributed by atoms with Crippen LogP contribution in [0.4, 0.5) is 0 Å². The molecule has 2 N–H and O–H groups in total. The number of aliphatic hydroxyl groups is 1. The number of hydrogen-bond donors (Lipinski definition) is 2. The topological polar surface area (TPSA) is 66.8 Å². The predicted molar refractivity (Wildman–Crippen MR) is 80.2 cm³/mol. The molecule has 0 heterocycles. The van der Waals surface area contributed by atoms with Crippen molar-refractivity contribution in [1.29, 1.82) is 0 Å². The largest absolute Gasteiger partial charge is 0.479 e. The Morgan fingerprint density at radius 2 is 1.76 bits per heavy atom. The van der Waals surface area contributed by atoms with Gasteiger partial charge >= 0.3 is 5.97 Å². The molecule has 21 heavy (non-hydrogen) atoms. The summed E-state index contributed by atoms with van der Waals surface area (Å²) >= 11 is 0. The molecule has 1 aliphatic rings. The lowest BCUT2D eigenvalue weighted by molar-refractivity contribution is -0.187. The van der Waals surface area contributed by atoms with E-state index in [4.69, 9.17) is 4.74 Å². The van der Waals surface area contributed by atoms with Gasteiger partial charge in [-0.25, -0.2) is 4.79 Å². The Morgan fingerprint density at radius 1 is 1.19 bits per heavy atom. The van der Waals surface area contributed by atoms with Crippen LogP contribution in [0.15, 0.2) is 24.3 Å². The number of fused-ring (bicyclic) bond motifs is 1. The zero-order valence-electron chi connectivity index (χ0n) is 13.1. The molecule has 1 aromatic carbocycles. The summed E-state index contributed by atoms with van der Waals surface area (Å²) in [6.45, 7) is 7.56. The van der Waals surface area contributed by atoms with Crippen LogP contribution >= 0.6 is 0 Å². The highest BCUT2D eigenvalue weighted by atomic mass is 16.5. The zero-order chi connectivity index (χ0) is 15.8. The first-order valence-electron chi connectivity index (χ1n) is 7.40. The van der Waals surface area contributed by atoms with Gasteiger partial charge in [0.15, 0.2) is 5.60 Å². The van der Waals surface area contributed by atoms with Gasteiger partial charge in [-0.15, -0.1) is 0 Å². The van der Waals surface area contributed by atoms with E-state index in [1.165, 1.54) is 0 Å². The molecule has 0 fully saturated rings. The fraction of sp³-hybridized carbons (Fsp3) is 0.588. The maximum Gasteiger partial charge on any atom is 0.340 e. The molecule has 2 rings (SSSR count). The lowest BCUT2D eigenvalue weighted by atomic mass is 9.66. The summed E-state index contributed by atoms with van der Waals surface area (Å²) in [6, 6.07) is 7.58. The summed E-state index contributed by atoms with van der Waals surface area (Å²) in [7, 11) is 0. The molecule has 0 aliphatic heterocycles. The average molecular weight is 292 g/mol. The fourth-order valence-electron chi connectivity index (χ4n) is 2.99. The Labute approximate surface area is 125 Å². The highest BCUT2D eigenvalue weighted by Crippen LogP contribution is 2.47. The van der Waals surface area contributed by atoms with Crippen LogP contribution in [0.3, 0.4) is 0 Å². The van der Waals surface area contributed by atoms with Crippen LogP contribution in [0.1, 0.15) is 51.7 Å². The monoisotopic (exact) mass is 292 g/mol. The Kier molecular flexibility index (Phi) is 4.13. The third kappa shape index (κ3) is 2.70. The van der Waals surface area contributed by atoms with Crippen LogP contribution in [0.2, 0.25) is 0 Å². The maximum absolute atomic E-state index is 12.0. The van der Waals surface area contributed by atoms with E-state index >= 15 is 0 Å². The van der Waals surface area contributed by atoms with Gasteiger partial charge < -0.3 is 14.9 Å². The van der Waals surface area contributed by atoms with Crippen molar-refractivity contribution < 1.29 is 19.7 Å². The molecular weight excluding hydrogens is 268 g/mol. The zero-order valence-corrected chi connectivity index (χ0v) is 13.1. The summed E-state index contributed by atoms with van der Waals surface area (Å²) in [5.74, 6) is -0.988. The molecule has 4 heteroatoms. The Hall–Kier alpha value is -1.39. The number of aliphatic carboxylic acids is 1. The summed E-state index contributed by atoms with van der Waals surface area (Å²) in [6.07, 6.45) is -0.134. The molecule has 4 nitrogen and oxygen atoms in total. The minimum Gasteiger partial charge on any atom is -0.479 e. The molecule has 0 saturated carbocycles. The quantitative estimate of drug-likeness (QED) is 0.895. The molecule has 1 aliphatic carbocycles. The number of ether oxygens (including phenoxy) is 1. The van der Waals surface area contributed by atoms with Crippen LogP contribution in [-0.2, 0) is 20.5 Å². The molecule has 0 aromatic heterocycles. The van der Waals surface area contributed by atoms with E-state index in [9.17, 15) is 15.0 Å². The number of carbonyl (C=O) groups is 1. The molecule has 116 valence electrons. The smallest absolute Gasteiger partial charge is 0.340 e.